The average Bonchev–Trinajstić information content (AvgIpc) is 1.58. The molecule has 0 radical (unpaired) electrons. The number of nitrogens with zero attached hydrogens (tertiary/aromatic N) is 6. The number of aromatic nitrogens is 6. The number of benzene rings is 2. The smallest absolute Gasteiger partial charge is 0.333 e. The van der Waals surface area contributed by atoms with Gasteiger partial charge in [-0.25, -0.2) is 54.3 Å². The number of aryl methyl sites for hydroxylation is 2. The van der Waals surface area contributed by atoms with Crippen molar-refractivity contribution in [2.45, 2.75) is 208 Å². The summed E-state index contributed by atoms with van der Waals surface area (Å²) >= 11 is 1.89. The number of carbonyl (C=O) groups is 2. The van der Waals surface area contributed by atoms with Gasteiger partial charge in [-0.05, 0) is 135 Å². The highest BCUT2D eigenvalue weighted by Gasteiger charge is 2.72. The molecular formula is C67H74F2N8O18S4. The van der Waals surface area contributed by atoms with Crippen molar-refractivity contribution in [2.75, 3.05) is 14.2 Å². The number of thiophene rings is 2. The second kappa shape index (κ2) is 25.4. The lowest BCUT2D eigenvalue weighted by atomic mass is 10.0. The van der Waals surface area contributed by atoms with Crippen molar-refractivity contribution >= 4 is 75.0 Å². The van der Waals surface area contributed by atoms with Crippen LogP contribution in [0.1, 0.15) is 144 Å². The van der Waals surface area contributed by atoms with E-state index in [0.29, 0.717) is 80.7 Å². The lowest BCUT2D eigenvalue weighted by Crippen LogP contribution is -2.58. The molecule has 0 spiro atoms. The van der Waals surface area contributed by atoms with Crippen molar-refractivity contribution in [3.05, 3.63) is 137 Å². The van der Waals surface area contributed by atoms with E-state index in [9.17, 15) is 26.4 Å². The number of nitrogens with one attached hydrogen (secondary N) is 2. The highest BCUT2D eigenvalue weighted by atomic mass is 32.2. The van der Waals surface area contributed by atoms with Crippen molar-refractivity contribution in [1.82, 2.24) is 37.7 Å². The molecule has 99 heavy (non-hydrogen) atoms. The molecule has 26 nitrogen and oxygen atoms in total. The van der Waals surface area contributed by atoms with Crippen LogP contribution in [-0.4, -0.2) is 124 Å². The van der Waals surface area contributed by atoms with Crippen LogP contribution >= 0.6 is 22.7 Å². The first-order chi connectivity index (χ1) is 47.1. The number of sulfonamides is 2. The average molecular weight is 1450 g/mol. The van der Waals surface area contributed by atoms with Crippen molar-refractivity contribution in [2.24, 2.45) is 0 Å². The number of hydrogen-bond donors (Lipinski definition) is 2. The Morgan fingerprint density at radius 2 is 1.12 bits per heavy atom. The van der Waals surface area contributed by atoms with E-state index in [-0.39, 0.29) is 98.1 Å². The summed E-state index contributed by atoms with van der Waals surface area (Å²) in [6.07, 6.45) is 2.84. The number of rotatable bonds is 24. The molecule has 2 amide bonds. The molecule has 2 unspecified atom stereocenters. The van der Waals surface area contributed by atoms with Gasteiger partial charge in [0.2, 0.25) is 31.8 Å². The Labute approximate surface area is 573 Å². The molecule has 10 heterocycles. The highest BCUT2D eigenvalue weighted by molar-refractivity contribution is 7.92. The quantitative estimate of drug-likeness (QED) is 0.0573. The molecule has 14 rings (SSSR count). The van der Waals surface area contributed by atoms with Gasteiger partial charge >= 0.3 is 11.4 Å². The number of fused-ring (bicyclic) bond motifs is 6. The summed E-state index contributed by atoms with van der Waals surface area (Å²) in [5.74, 6) is -3.99. The topological polar surface area (TPSA) is 322 Å². The monoisotopic (exact) mass is 1440 g/mol. The third kappa shape index (κ3) is 11.9. The van der Waals surface area contributed by atoms with Crippen LogP contribution in [0, 0.1) is 13.8 Å². The molecule has 2 aromatic carbocycles. The number of amides is 2. The summed E-state index contributed by atoms with van der Waals surface area (Å²) in [6, 6.07) is 14.1. The first-order valence-corrected chi connectivity index (χ1v) is 37.5. The molecule has 4 bridgehead atoms. The molecule has 6 aliphatic rings. The van der Waals surface area contributed by atoms with Crippen LogP contribution in [0.4, 0.5) is 8.78 Å². The van der Waals surface area contributed by atoms with Gasteiger partial charge in [0, 0.05) is 17.0 Å². The fraction of sp³-hybridized carbons (Fsp3) is 0.522. The van der Waals surface area contributed by atoms with E-state index >= 15 is 28.0 Å². The zero-order chi connectivity index (χ0) is 70.2. The normalized spacial score (nSPS) is 23.8. The molecule has 2 saturated carbocycles. The van der Waals surface area contributed by atoms with Gasteiger partial charge in [-0.3, -0.25) is 37.8 Å². The Hall–Kier alpha value is -7.72. The molecule has 4 aliphatic heterocycles. The van der Waals surface area contributed by atoms with Crippen LogP contribution in [0.3, 0.4) is 0 Å². The van der Waals surface area contributed by atoms with E-state index in [1.165, 1.54) is 56.6 Å². The first-order valence-electron chi connectivity index (χ1n) is 32.8. The van der Waals surface area contributed by atoms with Gasteiger partial charge in [0.1, 0.15) is 56.5 Å². The predicted octanol–water partition coefficient (Wildman–Crippen LogP) is 8.36. The Bertz CT molecular complexity index is 5010. The maximum absolute atomic E-state index is 16.0. The molecule has 2 N–H and O–H groups in total. The van der Waals surface area contributed by atoms with Crippen molar-refractivity contribution < 1.29 is 72.5 Å². The van der Waals surface area contributed by atoms with Gasteiger partial charge in [0.15, 0.2) is 4.75 Å². The lowest BCUT2D eigenvalue weighted by Gasteiger charge is -2.33. The van der Waals surface area contributed by atoms with Gasteiger partial charge in [-0.1, -0.05) is 36.4 Å². The number of alkyl halides is 2. The molecule has 6 fully saturated rings. The third-order valence-electron chi connectivity index (χ3n) is 20.5. The predicted molar refractivity (Wildman–Crippen MR) is 359 cm³/mol. The second-order valence-corrected chi connectivity index (χ2v) is 33.5. The van der Waals surface area contributed by atoms with Crippen LogP contribution in [0.2, 0.25) is 0 Å². The highest BCUT2D eigenvalue weighted by Crippen LogP contribution is 2.60. The van der Waals surface area contributed by atoms with Crippen LogP contribution in [0.15, 0.2) is 95.2 Å². The number of ether oxygens (including phenoxy) is 6. The maximum atomic E-state index is 16.0. The molecule has 10 atom stereocenters. The van der Waals surface area contributed by atoms with Gasteiger partial charge < -0.3 is 37.3 Å². The number of oxazole rings is 2. The fourth-order valence-electron chi connectivity index (χ4n) is 14.7. The number of halogens is 2. The van der Waals surface area contributed by atoms with Crippen LogP contribution in [-0.2, 0) is 72.8 Å². The Balaban J connectivity index is 0.809. The summed E-state index contributed by atoms with van der Waals surface area (Å²) in [5, 5.41) is -0.991. The number of para-hydroxylation sites is 2. The first kappa shape index (κ1) is 68.4. The van der Waals surface area contributed by atoms with E-state index < -0.39 is 106 Å². The maximum Gasteiger partial charge on any atom is 0.333 e. The zero-order valence-electron chi connectivity index (χ0n) is 55.3. The number of methoxy groups -OCH3 is 2. The summed E-state index contributed by atoms with van der Waals surface area (Å²) in [4.78, 5) is 99.7. The molecule has 8 aromatic rings. The van der Waals surface area contributed by atoms with Crippen LogP contribution in [0.5, 0.6) is 11.5 Å². The zero-order valence-corrected chi connectivity index (χ0v) is 58.6. The third-order valence-corrected chi connectivity index (χ3v) is 27.0. The minimum absolute atomic E-state index is 0.0322. The number of carbonyl (C=O) groups excluding carboxylic acids is 2. The molecule has 32 heteroatoms. The van der Waals surface area contributed by atoms with Gasteiger partial charge in [0.25, 0.3) is 29.4 Å². The van der Waals surface area contributed by atoms with Gasteiger partial charge in [0.05, 0.1) is 102 Å². The van der Waals surface area contributed by atoms with Crippen LogP contribution < -0.4 is 41.4 Å². The van der Waals surface area contributed by atoms with Gasteiger partial charge in [-0.2, -0.15) is 0 Å². The number of hydrogen-bond acceptors (Lipinski definition) is 22. The molecule has 4 saturated heterocycles. The summed E-state index contributed by atoms with van der Waals surface area (Å²) < 4.78 is 142. The molecule has 528 valence electrons. The Morgan fingerprint density at radius 1 is 0.667 bits per heavy atom. The van der Waals surface area contributed by atoms with E-state index in [2.05, 4.69) is 14.7 Å². The van der Waals surface area contributed by atoms with Crippen LogP contribution in [0.25, 0.3) is 42.0 Å². The van der Waals surface area contributed by atoms with E-state index in [0.717, 1.165) is 68.4 Å². The van der Waals surface area contributed by atoms with Gasteiger partial charge in [-0.15, -0.1) is 22.7 Å². The van der Waals surface area contributed by atoms with E-state index in [4.69, 9.17) is 37.3 Å². The SMILES string of the molecule is COc1ccccc1[C@H](Cn1c(=O)n(C(C)(C)C(=O)NS(=O)(=O)C2(C(F)F)CC2c2cnc(-c3sc4c(c3C)c(=O)n(C(C)(C)C(=O)NS(=O)(=O)C3CC3)c(=O)n4C[C@H](O[C@@H]3C[C@H]4CC[C@@H](C3)O4)c3ccccc3OC)o2)c(=O)c2c(C)c(-c3ncco3)sc21)O[C@@H]1C[C@H]2CC[C@@H](C1)O2. The summed E-state index contributed by atoms with van der Waals surface area (Å²) in [7, 11) is -6.75. The lowest BCUT2D eigenvalue weighted by molar-refractivity contribution is -0.127. The minimum Gasteiger partial charge on any atom is -0.496 e. The Morgan fingerprint density at radius 3 is 1.56 bits per heavy atom. The summed E-state index contributed by atoms with van der Waals surface area (Å²) in [6.45, 7) is 7.29. The Kier molecular flexibility index (Phi) is 17.6. The summed E-state index contributed by atoms with van der Waals surface area (Å²) in [5.41, 5.74) is -7.11. The minimum atomic E-state index is -5.52. The largest absolute Gasteiger partial charge is 0.496 e. The standard InChI is InChI=1S/C67H74F2N8O18S4/c1-33-50-56(78)77(64(83)74(58(50)96-52(33)54-70-23-24-90-54)31-48(42-13-9-11-15-45(42)88-7)93-39-25-35-17-18-36(26-39)91-35)66(5,6)62(81)73-99(86,87)67(60(68)69)29-44(67)47-30-71-55(95-47)53-34(2)51-57(79)76(65(3,4)61(80)72-98(84,85)41-21-22-41)63(82)75(59(51)97-53)32-49(43-14-10-12-16-46(43)89-8)94-40-27-37-19-20-38(28-40)92-37/h9-16,23-24,30,35-41,44,48-49,60H,17-22,25-29,31-32H2,1-8H3,(H,72,80)(H,73,81)/t35-,36+,37-,38+,39-,40-,44?,48-,49-,67?/m0/s1. The van der Waals surface area contributed by atoms with Crippen molar-refractivity contribution in [3.63, 3.8) is 0 Å². The molecule has 2 aliphatic carbocycles. The fourth-order valence-corrected chi connectivity index (χ4v) is 20.5. The molecular weight excluding hydrogens is 1370 g/mol. The molecule has 6 aromatic heterocycles. The van der Waals surface area contributed by atoms with E-state index in [1.807, 2.05) is 4.72 Å². The van der Waals surface area contributed by atoms with Crippen molar-refractivity contribution in [1.29, 1.82) is 0 Å². The second-order valence-electron chi connectivity index (χ2n) is 27.5. The van der Waals surface area contributed by atoms with E-state index in [1.54, 1.807) is 55.5 Å². The van der Waals surface area contributed by atoms with Crippen molar-refractivity contribution in [3.8, 4) is 33.0 Å².